The average Bonchev–Trinajstić information content (AvgIpc) is 3.36. The molecule has 196 valence electrons. The number of fused-ring (bicyclic) bond motifs is 1. The molecule has 0 radical (unpaired) electrons. The highest BCUT2D eigenvalue weighted by molar-refractivity contribution is 5.97. The lowest BCUT2D eigenvalue weighted by Gasteiger charge is -2.30. The molecule has 2 aromatic heterocycles. The van der Waals surface area contributed by atoms with Gasteiger partial charge in [-0.1, -0.05) is 25.0 Å². The molecule has 3 heterocycles. The van der Waals surface area contributed by atoms with Crippen LogP contribution in [-0.4, -0.2) is 57.9 Å². The van der Waals surface area contributed by atoms with Gasteiger partial charge in [-0.2, -0.15) is 9.61 Å². The van der Waals surface area contributed by atoms with E-state index in [1.165, 1.54) is 12.8 Å². The van der Waals surface area contributed by atoms with Gasteiger partial charge in [-0.05, 0) is 75.7 Å². The smallest absolute Gasteiger partial charge is 0.251 e. The molecule has 37 heavy (non-hydrogen) atoms. The number of amides is 1. The Hall–Kier alpha value is -3.20. The number of aromatic nitrogens is 3. The molecular weight excluding hydrogens is 469 g/mol. The normalized spacial score (nSPS) is 19.7. The fourth-order valence-corrected chi connectivity index (χ4v) is 5.52. The highest BCUT2D eigenvalue weighted by atomic mass is 19.1. The Labute approximate surface area is 216 Å². The number of piperidine rings is 1. The number of aryl methyl sites for hydroxylation is 1. The quantitative estimate of drug-likeness (QED) is 0.361. The lowest BCUT2D eigenvalue weighted by atomic mass is 9.94. The third kappa shape index (κ3) is 5.28. The summed E-state index contributed by atoms with van der Waals surface area (Å²) in [5.74, 6) is 1.49. The zero-order valence-electron chi connectivity index (χ0n) is 21.4. The molecule has 1 saturated heterocycles. The number of halogens is 1. The van der Waals surface area contributed by atoms with Crippen LogP contribution in [0.1, 0.15) is 67.3 Å². The summed E-state index contributed by atoms with van der Waals surface area (Å²) in [6.45, 7) is 3.58. The van der Waals surface area contributed by atoms with Crippen molar-refractivity contribution in [3.63, 3.8) is 0 Å². The van der Waals surface area contributed by atoms with E-state index in [2.05, 4.69) is 26.4 Å². The maximum absolute atomic E-state index is 15.4. The summed E-state index contributed by atoms with van der Waals surface area (Å²) < 4.78 is 17.2. The second-order valence-corrected chi connectivity index (χ2v) is 11.0. The highest BCUT2D eigenvalue weighted by Crippen LogP contribution is 2.31. The van der Waals surface area contributed by atoms with Crippen molar-refractivity contribution in [3.8, 4) is 11.1 Å². The van der Waals surface area contributed by atoms with Gasteiger partial charge in [-0.25, -0.2) is 9.37 Å². The number of benzene rings is 1. The number of nitrogens with zero attached hydrogens (tertiary/aromatic N) is 3. The molecule has 1 aliphatic heterocycles. The van der Waals surface area contributed by atoms with Crippen molar-refractivity contribution >= 4 is 23.2 Å². The largest absolute Gasteiger partial charge is 0.367 e. The Balaban J connectivity index is 1.32. The molecular formula is C28H36FN7O. The SMILES string of the molecule is Cc1cc(-c2cnn3c(NCC4(F)CCNCC4)cc(NC4CCCC4)nc23)ccc1C(=O)NC1CC1. The topological polar surface area (TPSA) is 95.4 Å². The van der Waals surface area contributed by atoms with Crippen LogP contribution in [0.25, 0.3) is 16.8 Å². The summed E-state index contributed by atoms with van der Waals surface area (Å²) in [7, 11) is 0. The van der Waals surface area contributed by atoms with E-state index in [1.54, 1.807) is 10.7 Å². The summed E-state index contributed by atoms with van der Waals surface area (Å²) in [5.41, 5.74) is 2.90. The summed E-state index contributed by atoms with van der Waals surface area (Å²) in [6, 6.07) is 8.54. The van der Waals surface area contributed by atoms with Gasteiger partial charge in [0.15, 0.2) is 5.65 Å². The molecule has 8 nitrogen and oxygen atoms in total. The summed E-state index contributed by atoms with van der Waals surface area (Å²) >= 11 is 0. The molecule has 0 atom stereocenters. The van der Waals surface area contributed by atoms with E-state index in [0.29, 0.717) is 49.2 Å². The summed E-state index contributed by atoms with van der Waals surface area (Å²) in [5, 5.41) is 17.9. The molecule has 1 amide bonds. The van der Waals surface area contributed by atoms with Crippen molar-refractivity contribution in [2.24, 2.45) is 0 Å². The Kier molecular flexibility index (Phi) is 6.48. The average molecular weight is 506 g/mol. The van der Waals surface area contributed by atoms with Crippen molar-refractivity contribution in [1.82, 2.24) is 25.2 Å². The van der Waals surface area contributed by atoms with Crippen LogP contribution in [0.3, 0.4) is 0 Å². The van der Waals surface area contributed by atoms with Gasteiger partial charge in [0.25, 0.3) is 5.91 Å². The zero-order valence-corrected chi connectivity index (χ0v) is 21.4. The van der Waals surface area contributed by atoms with E-state index in [1.807, 2.05) is 31.2 Å². The van der Waals surface area contributed by atoms with E-state index in [0.717, 1.165) is 54.0 Å². The number of rotatable bonds is 8. The molecule has 6 rings (SSSR count). The Morgan fingerprint density at radius 3 is 2.65 bits per heavy atom. The van der Waals surface area contributed by atoms with Crippen LogP contribution >= 0.6 is 0 Å². The van der Waals surface area contributed by atoms with Crippen molar-refractivity contribution in [3.05, 3.63) is 41.6 Å². The van der Waals surface area contributed by atoms with Crippen LogP contribution in [0.2, 0.25) is 0 Å². The highest BCUT2D eigenvalue weighted by Gasteiger charge is 2.32. The van der Waals surface area contributed by atoms with Crippen LogP contribution in [-0.2, 0) is 0 Å². The standard InChI is InChI=1S/C28H36FN7O/c1-18-14-19(6-9-22(18)27(37)34-21-7-8-21)23-16-32-36-25(31-17-28(29)10-12-30-13-11-28)15-24(35-26(23)36)33-20-4-2-3-5-20/h6,9,14-16,20-21,30-31H,2-5,7-8,10-13,17H2,1H3,(H,33,35)(H,34,37). The van der Waals surface area contributed by atoms with Crippen LogP contribution < -0.4 is 21.3 Å². The number of anilines is 2. The molecule has 0 bridgehead atoms. The number of alkyl halides is 1. The number of hydrogen-bond donors (Lipinski definition) is 4. The maximum Gasteiger partial charge on any atom is 0.251 e. The molecule has 4 N–H and O–H groups in total. The first-order chi connectivity index (χ1) is 18.0. The van der Waals surface area contributed by atoms with Gasteiger partial charge in [-0.15, -0.1) is 0 Å². The van der Waals surface area contributed by atoms with Gasteiger partial charge in [0.2, 0.25) is 0 Å². The summed E-state index contributed by atoms with van der Waals surface area (Å²) in [6.07, 6.45) is 9.62. The molecule has 1 aromatic carbocycles. The molecule has 3 aliphatic rings. The number of nitrogens with one attached hydrogen (secondary N) is 4. The van der Waals surface area contributed by atoms with Crippen molar-refractivity contribution in [1.29, 1.82) is 0 Å². The van der Waals surface area contributed by atoms with E-state index in [4.69, 9.17) is 4.98 Å². The lowest BCUT2D eigenvalue weighted by Crippen LogP contribution is -2.43. The first kappa shape index (κ1) is 24.2. The van der Waals surface area contributed by atoms with Crippen molar-refractivity contribution in [2.45, 2.75) is 76.0 Å². The van der Waals surface area contributed by atoms with Crippen molar-refractivity contribution in [2.75, 3.05) is 30.3 Å². The minimum absolute atomic E-state index is 0.0165. The Morgan fingerprint density at radius 2 is 1.92 bits per heavy atom. The van der Waals surface area contributed by atoms with Gasteiger partial charge in [-0.3, -0.25) is 4.79 Å². The van der Waals surface area contributed by atoms with Crippen molar-refractivity contribution < 1.29 is 9.18 Å². The number of hydrogen-bond acceptors (Lipinski definition) is 6. The van der Waals surface area contributed by atoms with E-state index < -0.39 is 5.67 Å². The third-order valence-electron chi connectivity index (χ3n) is 7.96. The predicted molar refractivity (Wildman–Crippen MR) is 144 cm³/mol. The monoisotopic (exact) mass is 505 g/mol. The fourth-order valence-electron chi connectivity index (χ4n) is 5.52. The van der Waals surface area contributed by atoms with E-state index >= 15 is 4.39 Å². The molecule has 2 aliphatic carbocycles. The molecule has 3 aromatic rings. The third-order valence-corrected chi connectivity index (χ3v) is 7.96. The minimum Gasteiger partial charge on any atom is -0.367 e. The van der Waals surface area contributed by atoms with Crippen LogP contribution in [0.15, 0.2) is 30.5 Å². The van der Waals surface area contributed by atoms with Gasteiger partial charge in [0.1, 0.15) is 17.3 Å². The van der Waals surface area contributed by atoms with Gasteiger partial charge in [0, 0.05) is 29.3 Å². The van der Waals surface area contributed by atoms with Gasteiger partial charge >= 0.3 is 0 Å². The van der Waals surface area contributed by atoms with Gasteiger partial charge in [0.05, 0.1) is 12.7 Å². The first-order valence-corrected chi connectivity index (χ1v) is 13.7. The summed E-state index contributed by atoms with van der Waals surface area (Å²) in [4.78, 5) is 17.6. The lowest BCUT2D eigenvalue weighted by molar-refractivity contribution is 0.0950. The molecule has 0 spiro atoms. The minimum atomic E-state index is -1.25. The molecule has 2 saturated carbocycles. The van der Waals surface area contributed by atoms with E-state index in [-0.39, 0.29) is 12.5 Å². The molecule has 9 heteroatoms. The fraction of sp³-hybridized carbons (Fsp3) is 0.536. The molecule has 3 fully saturated rings. The maximum atomic E-state index is 15.4. The second kappa shape index (κ2) is 9.93. The number of carbonyl (C=O) groups excluding carboxylic acids is 1. The predicted octanol–water partition coefficient (Wildman–Crippen LogP) is 4.46. The van der Waals surface area contributed by atoms with Crippen LogP contribution in [0.5, 0.6) is 0 Å². The number of carbonyl (C=O) groups is 1. The first-order valence-electron chi connectivity index (χ1n) is 13.7. The Bertz CT molecular complexity index is 1290. The second-order valence-electron chi connectivity index (χ2n) is 11.0. The Morgan fingerprint density at radius 1 is 1.14 bits per heavy atom. The van der Waals surface area contributed by atoms with E-state index in [9.17, 15) is 4.79 Å². The van der Waals surface area contributed by atoms with Gasteiger partial charge < -0.3 is 21.3 Å². The molecule has 0 unspecified atom stereocenters. The van der Waals surface area contributed by atoms with Crippen LogP contribution in [0, 0.1) is 6.92 Å². The van der Waals surface area contributed by atoms with Crippen LogP contribution in [0.4, 0.5) is 16.0 Å². The zero-order chi connectivity index (χ0) is 25.4.